The summed E-state index contributed by atoms with van der Waals surface area (Å²) in [6.07, 6.45) is 15.0. The van der Waals surface area contributed by atoms with E-state index in [4.69, 9.17) is 14.2 Å². The summed E-state index contributed by atoms with van der Waals surface area (Å²) in [4.78, 5) is 74.4. The molecule has 306 valence electrons. The van der Waals surface area contributed by atoms with Gasteiger partial charge < -0.3 is 9.90 Å². The minimum Gasteiger partial charge on any atom is -0.481 e. The van der Waals surface area contributed by atoms with Gasteiger partial charge in [0.2, 0.25) is 23.6 Å². The summed E-state index contributed by atoms with van der Waals surface area (Å²) in [5.41, 5.74) is 0. The number of carboxylic acid groups (broad SMARTS) is 1. The highest BCUT2D eigenvalue weighted by Crippen LogP contribution is 2.44. The molecule has 1 aliphatic carbocycles. The maximum atomic E-state index is 12.9. The average molecular weight is 807 g/mol. The van der Waals surface area contributed by atoms with E-state index in [-0.39, 0.29) is 67.2 Å². The van der Waals surface area contributed by atoms with Crippen LogP contribution in [0.4, 0.5) is 0 Å². The number of ketones is 1. The minimum atomic E-state index is -4.64. The summed E-state index contributed by atoms with van der Waals surface area (Å²) in [5, 5.41) is 8.81. The summed E-state index contributed by atoms with van der Waals surface area (Å²) in [6, 6.07) is 0. The number of rotatable bonds is 23. The molecule has 4 amide bonds. The van der Waals surface area contributed by atoms with Crippen LogP contribution in [-0.2, 0) is 57.9 Å². The van der Waals surface area contributed by atoms with Crippen molar-refractivity contribution < 1.29 is 68.2 Å². The number of hydrogen-bond donors (Lipinski definition) is 3. The summed E-state index contributed by atoms with van der Waals surface area (Å²) >= 11 is 0. The van der Waals surface area contributed by atoms with Crippen molar-refractivity contribution in [3.05, 3.63) is 24.3 Å². The minimum absolute atomic E-state index is 0.00579. The van der Waals surface area contributed by atoms with Gasteiger partial charge in [-0.25, -0.2) is 8.37 Å². The SMILES string of the molecule is CCCC/C=C\C(CCCC(C)=O)C1CC(=O)N(CCOS(=O)(=O)O)C1=O.CCCC1C=CC(CCCC(=O)O)C2C(=O)N(CCOS(=O)(=O)O)C(=O)C12. The zero-order valence-corrected chi connectivity index (χ0v) is 32.7. The zero-order valence-electron chi connectivity index (χ0n) is 31.0. The highest BCUT2D eigenvalue weighted by Gasteiger charge is 2.53. The van der Waals surface area contributed by atoms with Crippen molar-refractivity contribution in [1.29, 1.82) is 0 Å². The van der Waals surface area contributed by atoms with E-state index in [1.165, 1.54) is 6.92 Å². The van der Waals surface area contributed by atoms with Gasteiger partial charge in [0.25, 0.3) is 0 Å². The number of aliphatic carboxylic acids is 1. The molecule has 6 atom stereocenters. The first-order chi connectivity index (χ1) is 25.3. The number of hydrogen-bond acceptors (Lipinski definition) is 12. The molecule has 0 aromatic heterocycles. The Hall–Kier alpha value is -3.36. The number of unbranched alkanes of at least 4 members (excludes halogenated alkanes) is 2. The highest BCUT2D eigenvalue weighted by atomic mass is 32.3. The fraction of sp³-hybridized carbons (Fsp3) is 0.714. The molecule has 17 nitrogen and oxygen atoms in total. The molecule has 3 N–H and O–H groups in total. The van der Waals surface area contributed by atoms with Gasteiger partial charge in [-0.05, 0) is 63.2 Å². The Morgan fingerprint density at radius 3 is 1.87 bits per heavy atom. The Morgan fingerprint density at radius 1 is 0.815 bits per heavy atom. The molecule has 0 radical (unpaired) electrons. The predicted molar refractivity (Wildman–Crippen MR) is 193 cm³/mol. The normalized spacial score (nSPS) is 23.5. The highest BCUT2D eigenvalue weighted by molar-refractivity contribution is 7.81. The summed E-state index contributed by atoms with van der Waals surface area (Å²) in [7, 11) is -9.25. The van der Waals surface area contributed by atoms with Gasteiger partial charge in [0.05, 0.1) is 44.1 Å². The van der Waals surface area contributed by atoms with Gasteiger partial charge in [-0.15, -0.1) is 0 Å². The summed E-state index contributed by atoms with van der Waals surface area (Å²) in [5.74, 6) is -4.42. The molecule has 0 aromatic carbocycles. The van der Waals surface area contributed by atoms with E-state index in [1.54, 1.807) is 0 Å². The van der Waals surface area contributed by atoms with E-state index in [9.17, 15) is 45.6 Å². The summed E-state index contributed by atoms with van der Waals surface area (Å²) in [6.45, 7) is 4.12. The van der Waals surface area contributed by atoms with Crippen molar-refractivity contribution in [3.63, 3.8) is 0 Å². The van der Waals surface area contributed by atoms with Crippen LogP contribution in [0.2, 0.25) is 0 Å². The fourth-order valence-electron chi connectivity index (χ4n) is 7.15. The van der Waals surface area contributed by atoms with Gasteiger partial charge >= 0.3 is 26.8 Å². The number of nitrogens with zero attached hydrogens (tertiary/aromatic N) is 2. The number of likely N-dealkylation sites (tertiary alicyclic amines) is 2. The van der Waals surface area contributed by atoms with Crippen molar-refractivity contribution in [3.8, 4) is 0 Å². The van der Waals surface area contributed by atoms with Gasteiger partial charge in [-0.2, -0.15) is 16.8 Å². The van der Waals surface area contributed by atoms with E-state index in [0.29, 0.717) is 32.1 Å². The van der Waals surface area contributed by atoms with E-state index in [0.717, 1.165) is 41.9 Å². The number of carbonyl (C=O) groups is 6. The number of Topliss-reactive ketones (excluding diaryl/α,β-unsaturated/α-hetero) is 1. The Morgan fingerprint density at radius 2 is 1.37 bits per heavy atom. The van der Waals surface area contributed by atoms with Crippen LogP contribution in [0.3, 0.4) is 0 Å². The molecule has 2 fully saturated rings. The zero-order chi connectivity index (χ0) is 40.6. The number of imide groups is 2. The van der Waals surface area contributed by atoms with Crippen LogP contribution in [0.5, 0.6) is 0 Å². The lowest BCUT2D eigenvalue weighted by molar-refractivity contribution is -0.142. The second kappa shape index (κ2) is 22.3. The molecule has 2 aliphatic heterocycles. The molecule has 3 rings (SSSR count). The van der Waals surface area contributed by atoms with Crippen LogP contribution in [0.25, 0.3) is 0 Å². The molecular formula is C35H54N2O15S2. The second-order valence-electron chi connectivity index (χ2n) is 13.7. The van der Waals surface area contributed by atoms with Crippen molar-refractivity contribution in [2.45, 2.75) is 97.8 Å². The first-order valence-corrected chi connectivity index (χ1v) is 21.0. The lowest BCUT2D eigenvalue weighted by Crippen LogP contribution is -2.35. The van der Waals surface area contributed by atoms with Gasteiger partial charge in [0.1, 0.15) is 5.78 Å². The number of carboxylic acids is 1. The van der Waals surface area contributed by atoms with Gasteiger partial charge in [0, 0.05) is 19.3 Å². The number of amides is 4. The molecule has 0 aromatic rings. The Kier molecular flexibility index (Phi) is 19.3. The largest absolute Gasteiger partial charge is 0.481 e. The van der Waals surface area contributed by atoms with Crippen molar-refractivity contribution in [2.75, 3.05) is 26.3 Å². The van der Waals surface area contributed by atoms with E-state index < -0.39 is 63.6 Å². The molecule has 0 spiro atoms. The molecular weight excluding hydrogens is 753 g/mol. The summed E-state index contributed by atoms with van der Waals surface area (Å²) < 4.78 is 68.2. The molecule has 0 saturated carbocycles. The third-order valence-corrected chi connectivity index (χ3v) is 10.6. The van der Waals surface area contributed by atoms with Crippen molar-refractivity contribution >= 4 is 56.2 Å². The average Bonchev–Trinajstić information content (AvgIpc) is 3.49. The maximum Gasteiger partial charge on any atom is 0.397 e. The van der Waals surface area contributed by atoms with Crippen LogP contribution < -0.4 is 0 Å². The predicted octanol–water partition coefficient (Wildman–Crippen LogP) is 3.57. The van der Waals surface area contributed by atoms with E-state index in [2.05, 4.69) is 15.3 Å². The second-order valence-corrected chi connectivity index (χ2v) is 15.9. The van der Waals surface area contributed by atoms with Gasteiger partial charge in [-0.3, -0.25) is 42.9 Å². The number of allylic oxidation sites excluding steroid dienone is 4. The smallest absolute Gasteiger partial charge is 0.397 e. The Balaban J connectivity index is 0.000000373. The van der Waals surface area contributed by atoms with E-state index in [1.807, 2.05) is 31.2 Å². The molecule has 0 bridgehead atoms. The Labute approximate surface area is 317 Å². The van der Waals surface area contributed by atoms with Gasteiger partial charge in [-0.1, -0.05) is 57.4 Å². The standard InChI is InChI=1S/C18H29NO7S.C17H25NO8S/c1-3-4-5-6-9-15(10-7-8-14(2)20)16-13-17(21)19(18(16)22)11-12-26-27(23,24)25;1-2-4-11-7-8-12(5-3-6-13(19)20)15-14(11)16(21)18(17(15)22)9-10-26-27(23,24)25/h6,9,15-16H,3-5,7-8,10-13H2,1-2H3,(H,23,24,25);7-8,11-12,14-15H,2-6,9-10H2,1H3,(H,19,20)(H,23,24,25)/b9-6-;. The lowest BCUT2D eigenvalue weighted by Gasteiger charge is -2.32. The molecule has 19 heteroatoms. The fourth-order valence-corrected chi connectivity index (χ4v) is 7.72. The lowest BCUT2D eigenvalue weighted by atomic mass is 9.69. The topological polar surface area (TPSA) is 256 Å². The van der Waals surface area contributed by atoms with Crippen molar-refractivity contribution in [2.24, 2.45) is 35.5 Å². The van der Waals surface area contributed by atoms with E-state index >= 15 is 0 Å². The molecule has 6 unspecified atom stereocenters. The molecule has 2 saturated heterocycles. The van der Waals surface area contributed by atoms with Crippen LogP contribution in [-0.4, -0.2) is 103 Å². The molecule has 2 heterocycles. The monoisotopic (exact) mass is 806 g/mol. The third kappa shape index (κ3) is 15.4. The molecule has 54 heavy (non-hydrogen) atoms. The van der Waals surface area contributed by atoms with Gasteiger partial charge in [0.15, 0.2) is 0 Å². The van der Waals surface area contributed by atoms with Crippen molar-refractivity contribution in [1.82, 2.24) is 9.80 Å². The van der Waals surface area contributed by atoms with Crippen LogP contribution in [0, 0.1) is 35.5 Å². The molecule has 3 aliphatic rings. The van der Waals surface area contributed by atoms with Crippen LogP contribution in [0.1, 0.15) is 97.8 Å². The number of fused-ring (bicyclic) bond motifs is 1. The maximum absolute atomic E-state index is 12.9. The first-order valence-electron chi connectivity index (χ1n) is 18.3. The van der Waals surface area contributed by atoms with Crippen LogP contribution in [0.15, 0.2) is 24.3 Å². The number of carbonyl (C=O) groups excluding carboxylic acids is 5. The van der Waals surface area contributed by atoms with Crippen LogP contribution >= 0.6 is 0 Å². The quantitative estimate of drug-likeness (QED) is 0.0577. The first kappa shape index (κ1) is 46.8. The third-order valence-electron chi connectivity index (χ3n) is 9.63. The Bertz CT molecular complexity index is 1590.